The van der Waals surface area contributed by atoms with Crippen LogP contribution >= 0.6 is 0 Å². The summed E-state index contributed by atoms with van der Waals surface area (Å²) >= 11 is 0. The topological polar surface area (TPSA) is 94.2 Å². The van der Waals surface area contributed by atoms with E-state index in [1.54, 1.807) is 49.5 Å². The minimum Gasteiger partial charge on any atom is -0.493 e. The molecule has 0 spiro atoms. The van der Waals surface area contributed by atoms with Gasteiger partial charge >= 0.3 is 5.97 Å². The van der Waals surface area contributed by atoms with E-state index < -0.39 is 17.9 Å². The largest absolute Gasteiger partial charge is 0.493 e. The van der Waals surface area contributed by atoms with Crippen LogP contribution in [0, 0.1) is 0 Å². The number of hydrogen-bond acceptors (Lipinski definition) is 6. The Kier molecular flexibility index (Phi) is 6.25. The third-order valence-electron chi connectivity index (χ3n) is 5.25. The number of rotatable bonds is 6. The first-order valence-corrected chi connectivity index (χ1v) is 9.35. The van der Waals surface area contributed by atoms with Crippen LogP contribution in [-0.2, 0) is 14.3 Å². The van der Waals surface area contributed by atoms with Crippen molar-refractivity contribution in [3.63, 3.8) is 0 Å². The first-order chi connectivity index (χ1) is 14.4. The summed E-state index contributed by atoms with van der Waals surface area (Å²) in [7, 11) is 5.96. The second-order valence-electron chi connectivity index (χ2n) is 6.83. The number of esters is 1. The summed E-state index contributed by atoms with van der Waals surface area (Å²) in [6, 6.07) is 11.7. The van der Waals surface area contributed by atoms with Crippen LogP contribution in [0.1, 0.15) is 33.4 Å². The van der Waals surface area contributed by atoms with Gasteiger partial charge in [0.15, 0.2) is 11.5 Å². The molecule has 2 amide bonds. The zero-order valence-electron chi connectivity index (χ0n) is 17.3. The van der Waals surface area contributed by atoms with Gasteiger partial charge in [-0.3, -0.25) is 14.4 Å². The van der Waals surface area contributed by atoms with Gasteiger partial charge in [0.05, 0.1) is 33.3 Å². The lowest BCUT2D eigenvalue weighted by molar-refractivity contribution is -0.141. The van der Waals surface area contributed by atoms with Crippen LogP contribution in [0.4, 0.5) is 0 Å². The lowest BCUT2D eigenvalue weighted by Gasteiger charge is -2.39. The molecule has 0 unspecified atom stereocenters. The van der Waals surface area contributed by atoms with Crippen LogP contribution in [0.2, 0.25) is 0 Å². The van der Waals surface area contributed by atoms with E-state index in [0.717, 1.165) is 0 Å². The molecule has 2 aromatic carbocycles. The maximum Gasteiger partial charge on any atom is 0.325 e. The van der Waals surface area contributed by atoms with Crippen molar-refractivity contribution in [3.05, 3.63) is 59.2 Å². The number of fused-ring (bicyclic) bond motifs is 1. The monoisotopic (exact) mass is 412 g/mol. The van der Waals surface area contributed by atoms with Crippen molar-refractivity contribution in [2.75, 3.05) is 34.9 Å². The maximum absolute atomic E-state index is 13.2. The van der Waals surface area contributed by atoms with Gasteiger partial charge in [0, 0.05) is 12.6 Å². The van der Waals surface area contributed by atoms with E-state index in [0.29, 0.717) is 28.2 Å². The predicted molar refractivity (Wildman–Crippen MR) is 109 cm³/mol. The Morgan fingerprint density at radius 3 is 2.40 bits per heavy atom. The molecule has 1 heterocycles. The van der Waals surface area contributed by atoms with Crippen molar-refractivity contribution in [2.45, 2.75) is 12.0 Å². The molecule has 8 heteroatoms. The van der Waals surface area contributed by atoms with Gasteiger partial charge < -0.3 is 24.4 Å². The van der Waals surface area contributed by atoms with E-state index >= 15 is 0 Å². The average Bonchev–Trinajstić information content (AvgIpc) is 2.78. The summed E-state index contributed by atoms with van der Waals surface area (Å²) in [6.07, 6.45) is 0. The maximum atomic E-state index is 13.2. The van der Waals surface area contributed by atoms with Crippen LogP contribution in [0.3, 0.4) is 0 Å². The number of ether oxygens (including phenoxy) is 3. The lowest BCUT2D eigenvalue weighted by atomic mass is 9.79. The van der Waals surface area contributed by atoms with Crippen molar-refractivity contribution in [1.29, 1.82) is 0 Å². The van der Waals surface area contributed by atoms with E-state index in [-0.39, 0.29) is 18.4 Å². The highest BCUT2D eigenvalue weighted by Gasteiger charge is 2.42. The Hall–Kier alpha value is -3.55. The molecule has 0 radical (unpaired) electrons. The number of hydrogen-bond donors (Lipinski definition) is 1. The molecule has 1 aliphatic rings. The first kappa shape index (κ1) is 21.2. The summed E-state index contributed by atoms with van der Waals surface area (Å²) in [4.78, 5) is 39.3. The molecule has 0 saturated carbocycles. The fourth-order valence-electron chi connectivity index (χ4n) is 3.75. The standard InChI is InChI=1S/C22H24N2O6/c1-24-20(13-9-10-16(28-2)17(11-13)29-3)19(21(26)23-12-18(25)30-4)14-7-5-6-8-15(14)22(24)27/h5-11,19-20H,12H2,1-4H3,(H,23,26)/t19-,20-/m1/s1. The number of likely N-dealkylation sites (N-methyl/N-ethyl adjacent to an activating group) is 1. The van der Waals surface area contributed by atoms with E-state index in [2.05, 4.69) is 10.1 Å². The summed E-state index contributed by atoms with van der Waals surface area (Å²) in [5.41, 5.74) is 1.76. The van der Waals surface area contributed by atoms with E-state index in [1.807, 2.05) is 0 Å². The quantitative estimate of drug-likeness (QED) is 0.729. The smallest absolute Gasteiger partial charge is 0.325 e. The minimum absolute atomic E-state index is 0.192. The van der Waals surface area contributed by atoms with Crippen LogP contribution in [0.25, 0.3) is 0 Å². The summed E-state index contributed by atoms with van der Waals surface area (Å²) in [5.74, 6) is -0.831. The molecule has 2 atom stereocenters. The fourth-order valence-corrected chi connectivity index (χ4v) is 3.75. The molecule has 1 aliphatic heterocycles. The molecule has 0 fully saturated rings. The number of methoxy groups -OCH3 is 3. The third kappa shape index (κ3) is 3.80. The van der Waals surface area contributed by atoms with Crippen molar-refractivity contribution < 1.29 is 28.6 Å². The van der Waals surface area contributed by atoms with Gasteiger partial charge in [0.2, 0.25) is 5.91 Å². The second-order valence-corrected chi connectivity index (χ2v) is 6.83. The van der Waals surface area contributed by atoms with E-state index in [4.69, 9.17) is 9.47 Å². The van der Waals surface area contributed by atoms with Gasteiger partial charge in [-0.1, -0.05) is 24.3 Å². The number of carbonyl (C=O) groups excluding carboxylic acids is 3. The zero-order chi connectivity index (χ0) is 21.8. The molecule has 2 aromatic rings. The summed E-state index contributed by atoms with van der Waals surface area (Å²) in [6.45, 7) is -0.260. The second kappa shape index (κ2) is 8.86. The highest BCUT2D eigenvalue weighted by molar-refractivity contribution is 6.01. The van der Waals surface area contributed by atoms with Crippen molar-refractivity contribution in [1.82, 2.24) is 10.2 Å². The summed E-state index contributed by atoms with van der Waals surface area (Å²) < 4.78 is 15.3. The van der Waals surface area contributed by atoms with Crippen LogP contribution in [0.15, 0.2) is 42.5 Å². The highest BCUT2D eigenvalue weighted by Crippen LogP contribution is 2.43. The Labute approximate surface area is 174 Å². The van der Waals surface area contributed by atoms with Crippen molar-refractivity contribution >= 4 is 17.8 Å². The Balaban J connectivity index is 2.10. The lowest BCUT2D eigenvalue weighted by Crippen LogP contribution is -2.46. The van der Waals surface area contributed by atoms with Gasteiger partial charge in [0.25, 0.3) is 5.91 Å². The van der Waals surface area contributed by atoms with Crippen LogP contribution in [0.5, 0.6) is 11.5 Å². The molecular weight excluding hydrogens is 388 g/mol. The van der Waals surface area contributed by atoms with Gasteiger partial charge in [-0.2, -0.15) is 0 Å². The molecule has 0 bridgehead atoms. The van der Waals surface area contributed by atoms with E-state index in [9.17, 15) is 14.4 Å². The zero-order valence-corrected chi connectivity index (χ0v) is 17.3. The van der Waals surface area contributed by atoms with Crippen molar-refractivity contribution in [2.24, 2.45) is 0 Å². The number of amides is 2. The first-order valence-electron chi connectivity index (χ1n) is 9.35. The number of carbonyl (C=O) groups is 3. The molecule has 0 aromatic heterocycles. The number of nitrogens with zero attached hydrogens (tertiary/aromatic N) is 1. The Morgan fingerprint density at radius 1 is 1.03 bits per heavy atom. The fraction of sp³-hybridized carbons (Fsp3) is 0.318. The average molecular weight is 412 g/mol. The molecule has 30 heavy (non-hydrogen) atoms. The van der Waals surface area contributed by atoms with Crippen molar-refractivity contribution in [3.8, 4) is 11.5 Å². The predicted octanol–water partition coefficient (Wildman–Crippen LogP) is 1.90. The molecule has 8 nitrogen and oxygen atoms in total. The molecule has 3 rings (SSSR count). The molecule has 0 aliphatic carbocycles. The molecule has 0 saturated heterocycles. The minimum atomic E-state index is -0.730. The normalized spacial score (nSPS) is 17.7. The van der Waals surface area contributed by atoms with Gasteiger partial charge in [-0.15, -0.1) is 0 Å². The third-order valence-corrected chi connectivity index (χ3v) is 5.25. The Bertz CT molecular complexity index is 974. The number of benzene rings is 2. The summed E-state index contributed by atoms with van der Waals surface area (Å²) in [5, 5.41) is 2.62. The van der Waals surface area contributed by atoms with E-state index in [1.165, 1.54) is 26.2 Å². The van der Waals surface area contributed by atoms with Crippen LogP contribution in [-0.4, -0.2) is 57.6 Å². The molecule has 158 valence electrons. The van der Waals surface area contributed by atoms with Gasteiger partial charge in [0.1, 0.15) is 6.54 Å². The van der Waals surface area contributed by atoms with Crippen LogP contribution < -0.4 is 14.8 Å². The number of nitrogens with one attached hydrogen (secondary N) is 1. The van der Waals surface area contributed by atoms with Gasteiger partial charge in [-0.25, -0.2) is 0 Å². The Morgan fingerprint density at radius 2 is 1.73 bits per heavy atom. The highest BCUT2D eigenvalue weighted by atomic mass is 16.5. The SMILES string of the molecule is COC(=O)CNC(=O)[C@@H]1c2ccccc2C(=O)N(C)[C@@H]1c1ccc(OC)c(OC)c1. The molecular formula is C22H24N2O6. The van der Waals surface area contributed by atoms with Gasteiger partial charge in [-0.05, 0) is 29.3 Å². The molecule has 1 N–H and O–H groups in total.